The molecule has 0 bridgehead atoms. The summed E-state index contributed by atoms with van der Waals surface area (Å²) in [6.07, 6.45) is 9.33. The summed E-state index contributed by atoms with van der Waals surface area (Å²) in [6, 6.07) is 12.0. The molecule has 2 aliphatic heterocycles. The zero-order valence-corrected chi connectivity index (χ0v) is 16.5. The van der Waals surface area contributed by atoms with Crippen LogP contribution in [0.15, 0.2) is 55.0 Å². The van der Waals surface area contributed by atoms with Crippen molar-refractivity contribution in [1.29, 1.82) is 0 Å². The summed E-state index contributed by atoms with van der Waals surface area (Å²) in [7, 11) is 0. The van der Waals surface area contributed by atoms with Crippen molar-refractivity contribution < 1.29 is 4.79 Å². The van der Waals surface area contributed by atoms with Crippen LogP contribution >= 0.6 is 0 Å². The van der Waals surface area contributed by atoms with E-state index in [9.17, 15) is 4.79 Å². The highest BCUT2D eigenvalue weighted by Crippen LogP contribution is 2.40. The van der Waals surface area contributed by atoms with Crippen molar-refractivity contribution in [2.75, 3.05) is 24.5 Å². The molecule has 1 amide bonds. The van der Waals surface area contributed by atoms with Crippen LogP contribution < -0.4 is 4.90 Å². The molecule has 0 radical (unpaired) electrons. The molecule has 1 aromatic carbocycles. The van der Waals surface area contributed by atoms with Gasteiger partial charge in [-0.2, -0.15) is 0 Å². The predicted molar refractivity (Wildman–Crippen MR) is 112 cm³/mol. The molecule has 2 aliphatic rings. The number of rotatable bonds is 3. The molecule has 1 atom stereocenters. The van der Waals surface area contributed by atoms with Crippen LogP contribution in [0.25, 0.3) is 11.0 Å². The molecule has 2 saturated heterocycles. The first-order chi connectivity index (χ1) is 14.2. The number of fused-ring (bicyclic) bond motifs is 1. The molecule has 2 fully saturated rings. The minimum Gasteiger partial charge on any atom is -0.355 e. The third-order valence-corrected chi connectivity index (χ3v) is 6.29. The Bertz CT molecular complexity index is 1020. The molecule has 6 nitrogen and oxygen atoms in total. The van der Waals surface area contributed by atoms with Crippen molar-refractivity contribution in [2.45, 2.75) is 32.2 Å². The first-order valence-electron chi connectivity index (χ1n) is 10.3. The number of carbonyl (C=O) groups is 1. The molecule has 5 rings (SSSR count). The van der Waals surface area contributed by atoms with Gasteiger partial charge in [0, 0.05) is 50.4 Å². The van der Waals surface area contributed by atoms with Crippen molar-refractivity contribution in [2.24, 2.45) is 5.41 Å². The van der Waals surface area contributed by atoms with Crippen molar-refractivity contribution in [1.82, 2.24) is 19.9 Å². The molecule has 0 aliphatic carbocycles. The molecule has 6 heteroatoms. The van der Waals surface area contributed by atoms with E-state index in [1.54, 1.807) is 12.4 Å². The fourth-order valence-electron chi connectivity index (χ4n) is 4.79. The normalized spacial score (nSPS) is 22.4. The van der Waals surface area contributed by atoms with Crippen molar-refractivity contribution in [3.8, 4) is 0 Å². The maximum atomic E-state index is 12.6. The summed E-state index contributed by atoms with van der Waals surface area (Å²) in [6.45, 7) is 3.40. The van der Waals surface area contributed by atoms with E-state index >= 15 is 0 Å². The number of nitrogens with zero attached hydrogens (tertiary/aromatic N) is 5. The van der Waals surface area contributed by atoms with Crippen LogP contribution in [0.5, 0.6) is 0 Å². The second kappa shape index (κ2) is 7.43. The Hall–Kier alpha value is -3.02. The second-order valence-electron chi connectivity index (χ2n) is 8.35. The number of hydrogen-bond acceptors (Lipinski definition) is 5. The lowest BCUT2D eigenvalue weighted by Gasteiger charge is -2.48. The largest absolute Gasteiger partial charge is 0.355 e. The van der Waals surface area contributed by atoms with E-state index in [-0.39, 0.29) is 11.3 Å². The van der Waals surface area contributed by atoms with Gasteiger partial charge in [-0.1, -0.05) is 12.1 Å². The smallest absolute Gasteiger partial charge is 0.222 e. The van der Waals surface area contributed by atoms with Gasteiger partial charge in [0.25, 0.3) is 0 Å². The van der Waals surface area contributed by atoms with E-state index in [0.717, 1.165) is 61.3 Å². The van der Waals surface area contributed by atoms with Crippen LogP contribution in [0.3, 0.4) is 0 Å². The molecule has 29 heavy (non-hydrogen) atoms. The minimum atomic E-state index is 0.131. The average molecular weight is 387 g/mol. The van der Waals surface area contributed by atoms with Gasteiger partial charge in [0.05, 0.1) is 17.2 Å². The minimum absolute atomic E-state index is 0.131. The molecule has 2 aromatic heterocycles. The molecular formula is C23H25N5O. The van der Waals surface area contributed by atoms with Gasteiger partial charge in [-0.15, -0.1) is 0 Å². The van der Waals surface area contributed by atoms with E-state index in [0.29, 0.717) is 13.0 Å². The van der Waals surface area contributed by atoms with Crippen LogP contribution in [-0.2, 0) is 11.3 Å². The average Bonchev–Trinajstić information content (AvgIpc) is 2.77. The number of aromatic nitrogens is 3. The summed E-state index contributed by atoms with van der Waals surface area (Å²) in [5, 5.41) is 0. The quantitative estimate of drug-likeness (QED) is 0.689. The highest BCUT2D eigenvalue weighted by molar-refractivity contribution is 5.77. The third kappa shape index (κ3) is 3.67. The van der Waals surface area contributed by atoms with Gasteiger partial charge in [-0.25, -0.2) is 4.98 Å². The standard InChI is InChI=1S/C23H25N5O/c29-22-6-10-23(17-28(22)15-18-7-11-24-12-8-18)9-3-13-27(16-23)21-14-25-19-4-1-2-5-20(19)26-21/h1-2,4-5,7-8,11-12,14H,3,6,9-10,13,15-17H2. The lowest BCUT2D eigenvalue weighted by atomic mass is 9.73. The number of hydrogen-bond donors (Lipinski definition) is 0. The first-order valence-corrected chi connectivity index (χ1v) is 10.3. The predicted octanol–water partition coefficient (Wildman–Crippen LogP) is 3.43. The van der Waals surface area contributed by atoms with Gasteiger partial charge in [0.15, 0.2) is 0 Å². The fourth-order valence-corrected chi connectivity index (χ4v) is 4.79. The van der Waals surface area contributed by atoms with Crippen LogP contribution in [-0.4, -0.2) is 45.4 Å². The molecule has 148 valence electrons. The number of piperidine rings is 2. The van der Waals surface area contributed by atoms with Gasteiger partial charge in [0.1, 0.15) is 5.82 Å². The Morgan fingerprint density at radius 2 is 1.83 bits per heavy atom. The lowest BCUT2D eigenvalue weighted by Crippen LogP contribution is -2.54. The Balaban J connectivity index is 1.36. The number of carbonyl (C=O) groups excluding carboxylic acids is 1. The Morgan fingerprint density at radius 1 is 1.00 bits per heavy atom. The zero-order chi connectivity index (χ0) is 19.7. The van der Waals surface area contributed by atoms with Crippen molar-refractivity contribution in [3.63, 3.8) is 0 Å². The summed E-state index contributed by atoms with van der Waals surface area (Å²) in [5.41, 5.74) is 3.13. The second-order valence-corrected chi connectivity index (χ2v) is 8.35. The van der Waals surface area contributed by atoms with Gasteiger partial charge in [-0.3, -0.25) is 14.8 Å². The van der Waals surface area contributed by atoms with Crippen LogP contribution in [0.2, 0.25) is 0 Å². The van der Waals surface area contributed by atoms with E-state index in [2.05, 4.69) is 14.9 Å². The monoisotopic (exact) mass is 387 g/mol. The molecule has 1 spiro atoms. The van der Waals surface area contributed by atoms with Gasteiger partial charge in [-0.05, 0) is 49.1 Å². The van der Waals surface area contributed by atoms with Crippen LogP contribution in [0.1, 0.15) is 31.2 Å². The fraction of sp³-hybridized carbons (Fsp3) is 0.391. The maximum absolute atomic E-state index is 12.6. The molecule has 0 N–H and O–H groups in total. The van der Waals surface area contributed by atoms with Crippen LogP contribution in [0, 0.1) is 5.41 Å². The number of pyridine rings is 1. The third-order valence-electron chi connectivity index (χ3n) is 6.29. The van der Waals surface area contributed by atoms with E-state index < -0.39 is 0 Å². The van der Waals surface area contributed by atoms with E-state index in [1.165, 1.54) is 0 Å². The lowest BCUT2D eigenvalue weighted by molar-refractivity contribution is -0.138. The Labute approximate surface area is 170 Å². The van der Waals surface area contributed by atoms with Gasteiger partial charge >= 0.3 is 0 Å². The van der Waals surface area contributed by atoms with E-state index in [1.807, 2.05) is 47.5 Å². The summed E-state index contributed by atoms with van der Waals surface area (Å²) < 4.78 is 0. The molecule has 1 unspecified atom stereocenters. The molecule has 4 heterocycles. The topological polar surface area (TPSA) is 62.2 Å². The molecule has 3 aromatic rings. The summed E-state index contributed by atoms with van der Waals surface area (Å²) in [5.74, 6) is 1.20. The van der Waals surface area contributed by atoms with Gasteiger partial charge in [0.2, 0.25) is 5.91 Å². The number of amides is 1. The number of benzene rings is 1. The van der Waals surface area contributed by atoms with E-state index in [4.69, 9.17) is 4.98 Å². The zero-order valence-electron chi connectivity index (χ0n) is 16.5. The number of likely N-dealkylation sites (tertiary alicyclic amines) is 1. The Morgan fingerprint density at radius 3 is 2.69 bits per heavy atom. The summed E-state index contributed by atoms with van der Waals surface area (Å²) >= 11 is 0. The van der Waals surface area contributed by atoms with Crippen molar-refractivity contribution >= 4 is 22.8 Å². The molecular weight excluding hydrogens is 362 g/mol. The first kappa shape index (κ1) is 18.0. The van der Waals surface area contributed by atoms with Crippen molar-refractivity contribution in [3.05, 3.63) is 60.6 Å². The van der Waals surface area contributed by atoms with Gasteiger partial charge < -0.3 is 9.80 Å². The SMILES string of the molecule is O=C1CCC2(CCCN(c3cnc4ccccc4n3)C2)CN1Cc1ccncc1. The maximum Gasteiger partial charge on any atom is 0.222 e. The highest BCUT2D eigenvalue weighted by atomic mass is 16.2. The summed E-state index contributed by atoms with van der Waals surface area (Å²) in [4.78, 5) is 30.5. The Kier molecular flexibility index (Phi) is 4.62. The van der Waals surface area contributed by atoms with Crippen LogP contribution in [0.4, 0.5) is 5.82 Å². The highest BCUT2D eigenvalue weighted by Gasteiger charge is 2.42. The number of anilines is 1. The number of para-hydroxylation sites is 2. The molecule has 0 saturated carbocycles.